The highest BCUT2D eigenvalue weighted by atomic mass is 32.1. The van der Waals surface area contributed by atoms with E-state index in [4.69, 9.17) is 24.5 Å². The number of hydrogen-bond donors (Lipinski definition) is 1. The highest BCUT2D eigenvalue weighted by Crippen LogP contribution is 2.31. The Hall–Kier alpha value is -2.98. The van der Waals surface area contributed by atoms with Crippen LogP contribution in [-0.4, -0.2) is 63.8 Å². The summed E-state index contributed by atoms with van der Waals surface area (Å²) in [7, 11) is 1.00. The summed E-state index contributed by atoms with van der Waals surface area (Å²) < 4.78 is 12.9. The quantitative estimate of drug-likeness (QED) is 0.527. The molecule has 10 heteroatoms. The lowest BCUT2D eigenvalue weighted by Crippen LogP contribution is -2.39. The number of aryl methyl sites for hydroxylation is 1. The number of imidazole rings is 1. The third-order valence-corrected chi connectivity index (χ3v) is 6.04. The van der Waals surface area contributed by atoms with E-state index in [0.717, 1.165) is 41.4 Å². The van der Waals surface area contributed by atoms with E-state index in [-0.39, 0.29) is 12.2 Å². The number of amides is 1. The molecule has 35 heavy (non-hydrogen) atoms. The molecular formula is C25H38N4O5S. The Balaban J connectivity index is 0.000000949. The number of piperidine rings is 1. The molecular weight excluding hydrogens is 468 g/mol. The second kappa shape index (κ2) is 15.8. The zero-order chi connectivity index (χ0) is 26.4. The van der Waals surface area contributed by atoms with Gasteiger partial charge in [0.2, 0.25) is 4.96 Å². The fraction of sp³-hybridized carbons (Fsp3) is 0.520. The average Bonchev–Trinajstić information content (AvgIpc) is 3.46. The predicted molar refractivity (Wildman–Crippen MR) is 138 cm³/mol. The number of carbonyl (C=O) groups excluding carboxylic acids is 2. The minimum absolute atomic E-state index is 0.0869. The first-order chi connectivity index (χ1) is 17.0. The van der Waals surface area contributed by atoms with Crippen molar-refractivity contribution in [3.05, 3.63) is 46.7 Å². The third-order valence-electron chi connectivity index (χ3n) is 4.96. The van der Waals surface area contributed by atoms with Crippen molar-refractivity contribution in [2.75, 3.05) is 20.2 Å². The number of carbonyl (C=O) groups is 2. The molecule has 1 fully saturated rings. The van der Waals surface area contributed by atoms with E-state index in [1.54, 1.807) is 16.2 Å². The van der Waals surface area contributed by atoms with Crippen LogP contribution in [0.1, 0.15) is 62.7 Å². The Labute approximate surface area is 211 Å². The highest BCUT2D eigenvalue weighted by Gasteiger charge is 2.27. The van der Waals surface area contributed by atoms with E-state index in [9.17, 15) is 4.79 Å². The lowest BCUT2D eigenvalue weighted by atomic mass is 9.98. The summed E-state index contributed by atoms with van der Waals surface area (Å²) in [5, 5.41) is 12.8. The van der Waals surface area contributed by atoms with Crippen molar-refractivity contribution < 1.29 is 24.2 Å². The minimum Gasteiger partial charge on any atom is -0.487 e. The van der Waals surface area contributed by atoms with Crippen molar-refractivity contribution in [1.82, 2.24) is 19.5 Å². The maximum Gasteiger partial charge on any atom is 0.410 e. The molecule has 1 amide bonds. The van der Waals surface area contributed by atoms with Gasteiger partial charge in [-0.05, 0) is 45.7 Å². The molecule has 9 nitrogen and oxygen atoms in total. The van der Waals surface area contributed by atoms with Crippen LogP contribution in [-0.2, 0) is 16.1 Å². The number of hydrogen-bond acceptors (Lipinski definition) is 8. The summed E-state index contributed by atoms with van der Waals surface area (Å²) in [5.41, 5.74) is 2.07. The molecule has 1 saturated heterocycles. The van der Waals surface area contributed by atoms with Crippen LogP contribution in [0.25, 0.3) is 4.96 Å². The number of rotatable bonds is 5. The number of fused-ring (bicyclic) bond motifs is 1. The van der Waals surface area contributed by atoms with Gasteiger partial charge in [0.25, 0.3) is 0 Å². The second-order valence-corrected chi connectivity index (χ2v) is 8.68. The summed E-state index contributed by atoms with van der Waals surface area (Å²) in [6.45, 7) is 13.6. The molecule has 194 valence electrons. The molecule has 0 spiro atoms. The standard InChI is InChI=1S/C21H26N4O3S.C2H6.CH4O.CH2O/c1-14(2)28-21(26)24-10-8-16(9-11-24)19-23-25-12-17(22-20(25)29-19)13-27-18-6-4-15(3)5-7-18;3*1-2/h4-7,12,14,16H,8-11,13H2,1-3H3;1-2H3;2H,1H3;1H2. The zero-order valence-corrected chi connectivity index (χ0v) is 22.4. The van der Waals surface area contributed by atoms with E-state index in [1.807, 2.05) is 69.5 Å². The molecule has 0 saturated carbocycles. The second-order valence-electron chi connectivity index (χ2n) is 7.70. The first-order valence-electron chi connectivity index (χ1n) is 11.7. The molecule has 0 unspecified atom stereocenters. The van der Waals surface area contributed by atoms with E-state index in [0.29, 0.717) is 25.6 Å². The molecule has 1 aromatic carbocycles. The van der Waals surface area contributed by atoms with Crippen LogP contribution in [0.3, 0.4) is 0 Å². The van der Waals surface area contributed by atoms with Crippen molar-refractivity contribution in [2.45, 2.75) is 66.1 Å². The molecule has 4 rings (SSSR count). The highest BCUT2D eigenvalue weighted by molar-refractivity contribution is 7.16. The van der Waals surface area contributed by atoms with E-state index >= 15 is 0 Å². The number of likely N-dealkylation sites (tertiary alicyclic amines) is 1. The van der Waals surface area contributed by atoms with Crippen LogP contribution in [0.5, 0.6) is 5.75 Å². The molecule has 1 aliphatic heterocycles. The molecule has 3 aromatic rings. The molecule has 1 aliphatic rings. The molecule has 0 aliphatic carbocycles. The van der Waals surface area contributed by atoms with Gasteiger partial charge in [0, 0.05) is 26.1 Å². The van der Waals surface area contributed by atoms with E-state index in [1.165, 1.54) is 5.56 Å². The zero-order valence-electron chi connectivity index (χ0n) is 21.6. The SMILES string of the molecule is C=O.CC.CO.Cc1ccc(OCc2cn3nc(C4CCN(C(=O)OC(C)C)CC4)sc3n2)cc1. The molecule has 0 atom stereocenters. The summed E-state index contributed by atoms with van der Waals surface area (Å²) in [6.07, 6.45) is 3.42. The monoisotopic (exact) mass is 506 g/mol. The van der Waals surface area contributed by atoms with Crippen LogP contribution >= 0.6 is 11.3 Å². The Morgan fingerprint density at radius 1 is 1.17 bits per heavy atom. The molecule has 2 aromatic heterocycles. The number of nitrogens with zero attached hydrogens (tertiary/aromatic N) is 4. The van der Waals surface area contributed by atoms with Crippen LogP contribution in [0.15, 0.2) is 30.5 Å². The Bertz CT molecular complexity index is 964. The van der Waals surface area contributed by atoms with Crippen LogP contribution in [0, 0.1) is 6.92 Å². The van der Waals surface area contributed by atoms with Crippen molar-refractivity contribution in [3.63, 3.8) is 0 Å². The third kappa shape index (κ3) is 8.95. The molecule has 0 bridgehead atoms. The molecule has 0 radical (unpaired) electrons. The first-order valence-corrected chi connectivity index (χ1v) is 12.5. The normalized spacial score (nSPS) is 13.1. The Morgan fingerprint density at radius 2 is 1.77 bits per heavy atom. The maximum absolute atomic E-state index is 12.0. The van der Waals surface area contributed by atoms with Gasteiger partial charge in [-0.2, -0.15) is 5.10 Å². The van der Waals surface area contributed by atoms with Crippen LogP contribution < -0.4 is 4.74 Å². The number of aromatic nitrogens is 3. The predicted octanol–water partition coefficient (Wildman–Crippen LogP) is 4.85. The van der Waals surface area contributed by atoms with Gasteiger partial charge in [-0.1, -0.05) is 42.9 Å². The van der Waals surface area contributed by atoms with Gasteiger partial charge in [-0.3, -0.25) is 0 Å². The van der Waals surface area contributed by atoms with Gasteiger partial charge in [-0.15, -0.1) is 0 Å². The maximum atomic E-state index is 12.0. The van der Waals surface area contributed by atoms with Gasteiger partial charge < -0.3 is 24.3 Å². The fourth-order valence-electron chi connectivity index (χ4n) is 3.37. The van der Waals surface area contributed by atoms with Gasteiger partial charge in [0.1, 0.15) is 24.2 Å². The Morgan fingerprint density at radius 3 is 2.31 bits per heavy atom. The van der Waals surface area contributed by atoms with Crippen molar-refractivity contribution in [2.24, 2.45) is 0 Å². The topological polar surface area (TPSA) is 106 Å². The van der Waals surface area contributed by atoms with Crippen LogP contribution in [0.2, 0.25) is 0 Å². The average molecular weight is 507 g/mol. The van der Waals surface area contributed by atoms with Gasteiger partial charge in [0.15, 0.2) is 0 Å². The van der Waals surface area contributed by atoms with Gasteiger partial charge in [-0.25, -0.2) is 14.3 Å². The fourth-order valence-corrected chi connectivity index (χ4v) is 4.44. The number of aliphatic hydroxyl groups excluding tert-OH is 1. The summed E-state index contributed by atoms with van der Waals surface area (Å²) in [6, 6.07) is 7.99. The minimum atomic E-state index is -0.217. The first kappa shape index (κ1) is 30.1. The smallest absolute Gasteiger partial charge is 0.410 e. The molecule has 3 heterocycles. The number of benzene rings is 1. The van der Waals surface area contributed by atoms with Crippen molar-refractivity contribution in [1.29, 1.82) is 0 Å². The van der Waals surface area contributed by atoms with E-state index < -0.39 is 0 Å². The Kier molecular flexibility index (Phi) is 13.6. The molecule has 1 N–H and O–H groups in total. The summed E-state index contributed by atoms with van der Waals surface area (Å²) in [4.78, 5) is 27.3. The number of ether oxygens (including phenoxy) is 2. The lowest BCUT2D eigenvalue weighted by Gasteiger charge is -2.30. The largest absolute Gasteiger partial charge is 0.487 e. The van der Waals surface area contributed by atoms with Gasteiger partial charge in [0.05, 0.1) is 18.0 Å². The summed E-state index contributed by atoms with van der Waals surface area (Å²) >= 11 is 1.62. The lowest BCUT2D eigenvalue weighted by molar-refractivity contribution is -0.0980. The number of aliphatic hydroxyl groups is 1. The van der Waals surface area contributed by atoms with Gasteiger partial charge >= 0.3 is 6.09 Å². The summed E-state index contributed by atoms with van der Waals surface area (Å²) in [5.74, 6) is 1.19. The van der Waals surface area contributed by atoms with Crippen molar-refractivity contribution in [3.8, 4) is 5.75 Å². The van der Waals surface area contributed by atoms with Crippen LogP contribution in [0.4, 0.5) is 4.79 Å². The van der Waals surface area contributed by atoms with Crippen molar-refractivity contribution >= 4 is 29.2 Å². The van der Waals surface area contributed by atoms with E-state index in [2.05, 4.69) is 11.9 Å².